The van der Waals surface area contributed by atoms with Gasteiger partial charge in [0.2, 0.25) is 0 Å². The molecule has 0 aromatic heterocycles. The molecule has 0 aliphatic carbocycles. The molecule has 1 aliphatic rings. The van der Waals surface area contributed by atoms with Crippen molar-refractivity contribution in [3.05, 3.63) is 24.3 Å². The van der Waals surface area contributed by atoms with Gasteiger partial charge < -0.3 is 25.0 Å². The highest BCUT2D eigenvalue weighted by molar-refractivity contribution is 5.40. The number of nitrogens with one attached hydrogen (secondary N) is 1. The Hall–Kier alpha value is -1.30. The molecule has 0 saturated carbocycles. The Morgan fingerprint density at radius 1 is 1.28 bits per heavy atom. The Morgan fingerprint density at radius 3 is 2.72 bits per heavy atom. The van der Waals surface area contributed by atoms with Crippen molar-refractivity contribution < 1.29 is 19.7 Å². The Bertz CT molecular complexity index is 383. The standard InChI is InChI=1S/C13H19NO4/c1-9(15)6-14-7-10(16)13-8-17-11-4-2-3-5-12(11)18-13/h2-5,9-10,13-16H,6-8H2,1H3. The van der Waals surface area contributed by atoms with Gasteiger partial charge in [-0.25, -0.2) is 0 Å². The molecule has 0 radical (unpaired) electrons. The fraction of sp³-hybridized carbons (Fsp3) is 0.538. The Morgan fingerprint density at radius 2 is 2.00 bits per heavy atom. The number of para-hydroxylation sites is 2. The fourth-order valence-electron chi connectivity index (χ4n) is 1.80. The highest BCUT2D eigenvalue weighted by atomic mass is 16.6. The van der Waals surface area contributed by atoms with E-state index in [1.54, 1.807) is 6.92 Å². The van der Waals surface area contributed by atoms with Gasteiger partial charge in [-0.2, -0.15) is 0 Å². The van der Waals surface area contributed by atoms with Gasteiger partial charge in [0.15, 0.2) is 17.6 Å². The largest absolute Gasteiger partial charge is 0.486 e. The van der Waals surface area contributed by atoms with Gasteiger partial charge in [0.05, 0.1) is 6.10 Å². The highest BCUT2D eigenvalue weighted by Crippen LogP contribution is 2.31. The van der Waals surface area contributed by atoms with Crippen LogP contribution in [0.3, 0.4) is 0 Å². The van der Waals surface area contributed by atoms with E-state index in [4.69, 9.17) is 14.6 Å². The molecule has 0 amide bonds. The first kappa shape index (κ1) is 13.1. The summed E-state index contributed by atoms with van der Waals surface area (Å²) in [6.45, 7) is 2.83. The topological polar surface area (TPSA) is 71.0 Å². The fourth-order valence-corrected chi connectivity index (χ4v) is 1.80. The molecule has 0 bridgehead atoms. The summed E-state index contributed by atoms with van der Waals surface area (Å²) in [6, 6.07) is 7.40. The molecule has 0 fully saturated rings. The normalized spacial score (nSPS) is 21.4. The van der Waals surface area contributed by atoms with Crippen molar-refractivity contribution in [2.24, 2.45) is 0 Å². The molecular formula is C13H19NO4. The van der Waals surface area contributed by atoms with E-state index in [0.717, 1.165) is 0 Å². The number of aliphatic hydroxyl groups excluding tert-OH is 2. The van der Waals surface area contributed by atoms with Crippen LogP contribution in [-0.2, 0) is 0 Å². The summed E-state index contributed by atoms with van der Waals surface area (Å²) in [7, 11) is 0. The van der Waals surface area contributed by atoms with Crippen LogP contribution in [0.4, 0.5) is 0 Å². The number of benzene rings is 1. The smallest absolute Gasteiger partial charge is 0.161 e. The first-order valence-corrected chi connectivity index (χ1v) is 6.12. The molecule has 3 N–H and O–H groups in total. The van der Waals surface area contributed by atoms with Gasteiger partial charge in [0.1, 0.15) is 12.7 Å². The van der Waals surface area contributed by atoms with Crippen molar-refractivity contribution >= 4 is 0 Å². The lowest BCUT2D eigenvalue weighted by Gasteiger charge is -2.29. The molecule has 3 atom stereocenters. The van der Waals surface area contributed by atoms with Crippen LogP contribution >= 0.6 is 0 Å². The van der Waals surface area contributed by atoms with Crippen LogP contribution < -0.4 is 14.8 Å². The van der Waals surface area contributed by atoms with Crippen molar-refractivity contribution in [3.63, 3.8) is 0 Å². The second-order valence-electron chi connectivity index (χ2n) is 4.49. The number of rotatable bonds is 5. The van der Waals surface area contributed by atoms with Crippen molar-refractivity contribution in [3.8, 4) is 11.5 Å². The van der Waals surface area contributed by atoms with Gasteiger partial charge in [-0.1, -0.05) is 12.1 Å². The third-order valence-corrected chi connectivity index (χ3v) is 2.75. The van der Waals surface area contributed by atoms with Crippen LogP contribution in [0.2, 0.25) is 0 Å². The van der Waals surface area contributed by atoms with E-state index in [0.29, 0.717) is 31.2 Å². The second-order valence-corrected chi connectivity index (χ2v) is 4.49. The average Bonchev–Trinajstić information content (AvgIpc) is 2.37. The monoisotopic (exact) mass is 253 g/mol. The van der Waals surface area contributed by atoms with Crippen molar-refractivity contribution in [1.82, 2.24) is 5.32 Å². The zero-order chi connectivity index (χ0) is 13.0. The van der Waals surface area contributed by atoms with E-state index in [1.165, 1.54) is 0 Å². The minimum Gasteiger partial charge on any atom is -0.486 e. The minimum atomic E-state index is -0.669. The third kappa shape index (κ3) is 3.35. The van der Waals surface area contributed by atoms with Gasteiger partial charge in [-0.15, -0.1) is 0 Å². The number of hydrogen-bond acceptors (Lipinski definition) is 5. The van der Waals surface area contributed by atoms with Gasteiger partial charge in [0.25, 0.3) is 0 Å². The molecule has 0 saturated heterocycles. The van der Waals surface area contributed by atoms with E-state index in [9.17, 15) is 5.11 Å². The number of ether oxygens (including phenoxy) is 2. The molecule has 3 unspecified atom stereocenters. The lowest BCUT2D eigenvalue weighted by molar-refractivity contribution is -0.00988. The predicted molar refractivity (Wildman–Crippen MR) is 66.9 cm³/mol. The van der Waals surface area contributed by atoms with E-state index < -0.39 is 12.2 Å². The van der Waals surface area contributed by atoms with Crippen LogP contribution in [0.25, 0.3) is 0 Å². The maximum absolute atomic E-state index is 9.96. The van der Waals surface area contributed by atoms with Crippen LogP contribution in [0, 0.1) is 0 Å². The van der Waals surface area contributed by atoms with E-state index >= 15 is 0 Å². The van der Waals surface area contributed by atoms with Crippen LogP contribution in [0.15, 0.2) is 24.3 Å². The van der Waals surface area contributed by atoms with Gasteiger partial charge in [-0.05, 0) is 19.1 Å². The van der Waals surface area contributed by atoms with Crippen LogP contribution in [0.5, 0.6) is 11.5 Å². The Labute approximate surface area is 106 Å². The molecular weight excluding hydrogens is 234 g/mol. The lowest BCUT2D eigenvalue weighted by atomic mass is 10.2. The molecule has 2 rings (SSSR count). The zero-order valence-electron chi connectivity index (χ0n) is 10.4. The Kier molecular flexibility index (Phi) is 4.41. The molecule has 0 spiro atoms. The molecule has 5 heteroatoms. The highest BCUT2D eigenvalue weighted by Gasteiger charge is 2.27. The first-order valence-electron chi connectivity index (χ1n) is 6.12. The summed E-state index contributed by atoms with van der Waals surface area (Å²) in [5.74, 6) is 1.36. The summed E-state index contributed by atoms with van der Waals surface area (Å²) in [5.41, 5.74) is 0. The quantitative estimate of drug-likeness (QED) is 0.697. The summed E-state index contributed by atoms with van der Waals surface area (Å²) in [6.07, 6.45) is -1.49. The van der Waals surface area contributed by atoms with Crippen LogP contribution in [0.1, 0.15) is 6.92 Å². The van der Waals surface area contributed by atoms with Crippen LogP contribution in [-0.4, -0.2) is 48.2 Å². The average molecular weight is 253 g/mol. The predicted octanol–water partition coefficient (Wildman–Crippen LogP) is 0.158. The maximum Gasteiger partial charge on any atom is 0.161 e. The number of hydrogen-bond donors (Lipinski definition) is 3. The molecule has 1 aliphatic heterocycles. The zero-order valence-corrected chi connectivity index (χ0v) is 10.4. The summed E-state index contributed by atoms with van der Waals surface area (Å²) in [5, 5.41) is 22.0. The van der Waals surface area contributed by atoms with E-state index in [-0.39, 0.29) is 6.10 Å². The van der Waals surface area contributed by atoms with E-state index in [2.05, 4.69) is 5.32 Å². The SMILES string of the molecule is CC(O)CNCC(O)C1COc2ccccc2O1. The molecule has 5 nitrogen and oxygen atoms in total. The van der Waals surface area contributed by atoms with Gasteiger partial charge >= 0.3 is 0 Å². The summed E-state index contributed by atoms with van der Waals surface area (Å²) < 4.78 is 11.2. The molecule has 1 aromatic rings. The molecule has 100 valence electrons. The first-order chi connectivity index (χ1) is 8.66. The van der Waals surface area contributed by atoms with Gasteiger partial charge in [-0.3, -0.25) is 0 Å². The number of fused-ring (bicyclic) bond motifs is 1. The summed E-state index contributed by atoms with van der Waals surface area (Å²) >= 11 is 0. The second kappa shape index (κ2) is 6.04. The van der Waals surface area contributed by atoms with Crippen molar-refractivity contribution in [2.75, 3.05) is 19.7 Å². The van der Waals surface area contributed by atoms with Crippen molar-refractivity contribution in [2.45, 2.75) is 25.2 Å². The molecule has 1 heterocycles. The number of aliphatic hydroxyl groups is 2. The molecule has 18 heavy (non-hydrogen) atoms. The lowest BCUT2D eigenvalue weighted by Crippen LogP contribution is -2.45. The van der Waals surface area contributed by atoms with E-state index in [1.807, 2.05) is 24.3 Å². The molecule has 1 aromatic carbocycles. The van der Waals surface area contributed by atoms with Gasteiger partial charge in [0, 0.05) is 13.1 Å². The minimum absolute atomic E-state index is 0.328. The Balaban J connectivity index is 1.84. The maximum atomic E-state index is 9.96. The third-order valence-electron chi connectivity index (χ3n) is 2.75. The summed E-state index contributed by atoms with van der Waals surface area (Å²) in [4.78, 5) is 0. The van der Waals surface area contributed by atoms with Crippen molar-refractivity contribution in [1.29, 1.82) is 0 Å².